The number of ketones is 1. The van der Waals surface area contributed by atoms with E-state index in [0.29, 0.717) is 10.7 Å². The van der Waals surface area contributed by atoms with Crippen LogP contribution in [0.5, 0.6) is 0 Å². The van der Waals surface area contributed by atoms with Gasteiger partial charge in [-0.15, -0.1) is 11.3 Å². The Morgan fingerprint density at radius 3 is 2.46 bits per heavy atom. The van der Waals surface area contributed by atoms with Crippen LogP contribution in [0.2, 0.25) is 0 Å². The lowest BCUT2D eigenvalue weighted by Crippen LogP contribution is -2.18. The number of nitrogens with one attached hydrogen (secondary N) is 1. The first-order valence-electron chi connectivity index (χ1n) is 8.26. The molecule has 28 heavy (non-hydrogen) atoms. The van der Waals surface area contributed by atoms with Gasteiger partial charge in [-0.1, -0.05) is 70.2 Å². The van der Waals surface area contributed by atoms with Crippen LogP contribution < -0.4 is 5.32 Å². The Kier molecular flexibility index (Phi) is 7.13. The molecule has 0 unspecified atom stereocenters. The van der Waals surface area contributed by atoms with Crippen molar-refractivity contribution >= 4 is 61.0 Å². The Balaban J connectivity index is 1.48. The van der Waals surface area contributed by atoms with Crippen LogP contribution in [0.1, 0.15) is 16.8 Å². The van der Waals surface area contributed by atoms with Gasteiger partial charge in [-0.05, 0) is 12.1 Å². The molecule has 0 bridgehead atoms. The summed E-state index contributed by atoms with van der Waals surface area (Å²) >= 11 is 5.58. The summed E-state index contributed by atoms with van der Waals surface area (Å²) in [6, 6.07) is 16.4. The summed E-state index contributed by atoms with van der Waals surface area (Å²) in [6.45, 7) is 0. The van der Waals surface area contributed by atoms with Crippen molar-refractivity contribution in [3.05, 3.63) is 70.0 Å². The fraction of sp³-hybridized carbons (Fsp3) is 0.100. The Labute approximate surface area is 178 Å². The van der Waals surface area contributed by atoms with Gasteiger partial charge in [0.1, 0.15) is 0 Å². The molecular formula is C20H15BrN2O3S2. The van der Waals surface area contributed by atoms with E-state index in [4.69, 9.17) is 0 Å². The van der Waals surface area contributed by atoms with Crippen LogP contribution in [0.25, 0.3) is 11.3 Å². The number of aromatic nitrogens is 1. The second-order valence-corrected chi connectivity index (χ2v) is 8.47. The Morgan fingerprint density at radius 1 is 1.04 bits per heavy atom. The number of hydrogen-bond donors (Lipinski definition) is 1. The summed E-state index contributed by atoms with van der Waals surface area (Å²) in [5, 5.41) is 4.73. The minimum Gasteiger partial charge on any atom is -0.302 e. The fourth-order valence-corrected chi connectivity index (χ4v) is 3.98. The number of nitrogens with zero attached hydrogens (tertiary/aromatic N) is 1. The van der Waals surface area contributed by atoms with Crippen LogP contribution in [0.3, 0.4) is 0 Å². The maximum absolute atomic E-state index is 12.1. The smallest absolute Gasteiger partial charge is 0.233 e. The number of carbonyl (C=O) groups is 3. The Bertz CT molecular complexity index is 988. The molecule has 0 atom stereocenters. The summed E-state index contributed by atoms with van der Waals surface area (Å²) in [5.74, 6) is -0.783. The SMILES string of the molecule is O=C(CSC(=O)c1ccccc1)CC(=O)Nc1nc(-c2ccc(Br)cc2)cs1. The zero-order valence-corrected chi connectivity index (χ0v) is 17.8. The number of Topliss-reactive ketones (excluding diaryl/α,β-unsaturated/α-hetero) is 1. The first-order valence-corrected chi connectivity index (χ1v) is 10.9. The second kappa shape index (κ2) is 9.77. The molecule has 1 amide bonds. The number of thioether (sulfide) groups is 1. The second-order valence-electron chi connectivity index (χ2n) is 5.75. The average molecular weight is 475 g/mol. The number of rotatable bonds is 7. The highest BCUT2D eigenvalue weighted by Gasteiger charge is 2.15. The van der Waals surface area contributed by atoms with E-state index in [1.165, 1.54) is 11.3 Å². The van der Waals surface area contributed by atoms with Crippen LogP contribution in [0.15, 0.2) is 64.5 Å². The van der Waals surface area contributed by atoms with E-state index >= 15 is 0 Å². The molecule has 0 fully saturated rings. The molecule has 2 aromatic carbocycles. The summed E-state index contributed by atoms with van der Waals surface area (Å²) in [4.78, 5) is 40.4. The molecule has 8 heteroatoms. The van der Waals surface area contributed by atoms with Crippen molar-refractivity contribution < 1.29 is 14.4 Å². The van der Waals surface area contributed by atoms with Gasteiger partial charge in [0.15, 0.2) is 10.9 Å². The normalized spacial score (nSPS) is 10.5. The molecule has 0 saturated heterocycles. The lowest BCUT2D eigenvalue weighted by Gasteiger charge is -2.02. The predicted molar refractivity (Wildman–Crippen MR) is 117 cm³/mol. The quantitative estimate of drug-likeness (QED) is 0.485. The number of halogens is 1. The molecular weight excluding hydrogens is 460 g/mol. The van der Waals surface area contributed by atoms with E-state index in [2.05, 4.69) is 26.2 Å². The first kappa shape index (κ1) is 20.4. The molecule has 0 spiro atoms. The summed E-state index contributed by atoms with van der Waals surface area (Å²) < 4.78 is 0.974. The van der Waals surface area contributed by atoms with Gasteiger partial charge in [0.25, 0.3) is 0 Å². The van der Waals surface area contributed by atoms with Gasteiger partial charge in [-0.25, -0.2) is 4.98 Å². The molecule has 0 saturated carbocycles. The number of amides is 1. The van der Waals surface area contributed by atoms with Crippen LogP contribution in [-0.4, -0.2) is 27.5 Å². The Morgan fingerprint density at radius 2 is 1.75 bits per heavy atom. The van der Waals surface area contributed by atoms with Crippen molar-refractivity contribution in [2.45, 2.75) is 6.42 Å². The molecule has 1 heterocycles. The first-order chi connectivity index (χ1) is 13.5. The number of hydrogen-bond acceptors (Lipinski definition) is 6. The third kappa shape index (κ3) is 5.85. The number of thiazole rings is 1. The van der Waals surface area contributed by atoms with Gasteiger partial charge >= 0.3 is 0 Å². The highest BCUT2D eigenvalue weighted by Crippen LogP contribution is 2.26. The van der Waals surface area contributed by atoms with Gasteiger partial charge in [-0.3, -0.25) is 14.4 Å². The van der Waals surface area contributed by atoms with Crippen molar-refractivity contribution in [1.29, 1.82) is 0 Å². The van der Waals surface area contributed by atoms with Crippen LogP contribution >= 0.6 is 39.0 Å². The maximum atomic E-state index is 12.1. The minimum absolute atomic E-state index is 0.0385. The molecule has 3 rings (SSSR count). The predicted octanol–water partition coefficient (Wildman–Crippen LogP) is 5.04. The monoisotopic (exact) mass is 474 g/mol. The van der Waals surface area contributed by atoms with E-state index in [1.54, 1.807) is 24.3 Å². The van der Waals surface area contributed by atoms with Crippen LogP contribution in [-0.2, 0) is 9.59 Å². The van der Waals surface area contributed by atoms with Crippen LogP contribution in [0.4, 0.5) is 5.13 Å². The number of carbonyl (C=O) groups excluding carboxylic acids is 3. The lowest BCUT2D eigenvalue weighted by molar-refractivity contribution is -0.123. The molecule has 5 nitrogen and oxygen atoms in total. The minimum atomic E-state index is -0.436. The van der Waals surface area contributed by atoms with Crippen molar-refractivity contribution in [3.8, 4) is 11.3 Å². The van der Waals surface area contributed by atoms with Gasteiger partial charge < -0.3 is 5.32 Å². The molecule has 3 aromatic rings. The third-order valence-corrected chi connectivity index (χ3v) is 5.87. The summed E-state index contributed by atoms with van der Waals surface area (Å²) in [5.41, 5.74) is 2.22. The maximum Gasteiger partial charge on any atom is 0.233 e. The average Bonchev–Trinajstić information content (AvgIpc) is 3.15. The number of benzene rings is 2. The molecule has 0 aliphatic carbocycles. The summed E-state index contributed by atoms with van der Waals surface area (Å²) in [6.07, 6.45) is -0.289. The van der Waals surface area contributed by atoms with Crippen molar-refractivity contribution in [2.75, 3.05) is 11.1 Å². The molecule has 0 aliphatic heterocycles. The summed E-state index contributed by atoms with van der Waals surface area (Å²) in [7, 11) is 0. The topological polar surface area (TPSA) is 76.1 Å². The number of anilines is 1. The van der Waals surface area contributed by atoms with E-state index in [0.717, 1.165) is 27.5 Å². The van der Waals surface area contributed by atoms with Crippen molar-refractivity contribution in [1.82, 2.24) is 4.98 Å². The Hall–Kier alpha value is -2.29. The molecule has 142 valence electrons. The standard InChI is InChI=1S/C20H15BrN2O3S2/c21-15-8-6-13(7-9-15)17-12-28-20(22-17)23-18(25)10-16(24)11-27-19(26)14-4-2-1-3-5-14/h1-9,12H,10-11H2,(H,22,23,25). The van der Waals surface area contributed by atoms with Crippen molar-refractivity contribution in [2.24, 2.45) is 0 Å². The third-order valence-electron chi connectivity index (χ3n) is 3.62. The van der Waals surface area contributed by atoms with E-state index in [1.807, 2.05) is 35.7 Å². The van der Waals surface area contributed by atoms with E-state index in [-0.39, 0.29) is 23.1 Å². The molecule has 1 aromatic heterocycles. The zero-order chi connectivity index (χ0) is 19.9. The van der Waals surface area contributed by atoms with E-state index in [9.17, 15) is 14.4 Å². The molecule has 0 radical (unpaired) electrons. The largest absolute Gasteiger partial charge is 0.302 e. The van der Waals surface area contributed by atoms with Gasteiger partial charge in [-0.2, -0.15) is 0 Å². The lowest BCUT2D eigenvalue weighted by atomic mass is 10.2. The van der Waals surface area contributed by atoms with Gasteiger partial charge in [0.2, 0.25) is 11.0 Å². The van der Waals surface area contributed by atoms with Crippen molar-refractivity contribution in [3.63, 3.8) is 0 Å². The highest BCUT2D eigenvalue weighted by atomic mass is 79.9. The van der Waals surface area contributed by atoms with Crippen LogP contribution in [0, 0.1) is 0 Å². The van der Waals surface area contributed by atoms with Gasteiger partial charge in [0, 0.05) is 21.0 Å². The fourth-order valence-electron chi connectivity index (χ4n) is 2.28. The van der Waals surface area contributed by atoms with Gasteiger partial charge in [0.05, 0.1) is 17.9 Å². The van der Waals surface area contributed by atoms with E-state index < -0.39 is 5.91 Å². The highest BCUT2D eigenvalue weighted by molar-refractivity contribution is 9.10. The molecule has 0 aliphatic rings. The zero-order valence-electron chi connectivity index (χ0n) is 14.6. The molecule has 1 N–H and O–H groups in total.